The zero-order chi connectivity index (χ0) is 12.5. The molecule has 0 radical (unpaired) electrons. The first-order valence-corrected chi connectivity index (χ1v) is 6.33. The van der Waals surface area contributed by atoms with Gasteiger partial charge >= 0.3 is 5.97 Å². The maximum Gasteiger partial charge on any atom is 0.317 e. The summed E-state index contributed by atoms with van der Waals surface area (Å²) in [5, 5.41) is 0. The van der Waals surface area contributed by atoms with E-state index in [1.165, 1.54) is 0 Å². The van der Waals surface area contributed by atoms with Gasteiger partial charge in [0.15, 0.2) is 0 Å². The lowest BCUT2D eigenvalue weighted by molar-refractivity contribution is -0.158. The van der Waals surface area contributed by atoms with Crippen molar-refractivity contribution in [3.05, 3.63) is 34.3 Å². The molecule has 1 aliphatic carbocycles. The van der Waals surface area contributed by atoms with Crippen LogP contribution in [0.15, 0.2) is 28.7 Å². The quantitative estimate of drug-likeness (QED) is 0.805. The molecule has 0 saturated heterocycles. The second kappa shape index (κ2) is 4.61. The van der Waals surface area contributed by atoms with E-state index in [9.17, 15) is 9.59 Å². The summed E-state index contributed by atoms with van der Waals surface area (Å²) in [6.07, 6.45) is 0.515. The lowest BCUT2D eigenvalue weighted by atomic mass is 9.63. The Bertz CT molecular complexity index is 442. The van der Waals surface area contributed by atoms with E-state index in [0.717, 1.165) is 10.0 Å². The first-order valence-electron chi connectivity index (χ1n) is 5.53. The highest BCUT2D eigenvalue weighted by Gasteiger charge is 2.52. The molecule has 0 N–H and O–H groups in total. The van der Waals surface area contributed by atoms with Gasteiger partial charge in [0.2, 0.25) is 0 Å². The van der Waals surface area contributed by atoms with Crippen molar-refractivity contribution in [1.29, 1.82) is 0 Å². The van der Waals surface area contributed by atoms with Gasteiger partial charge in [0, 0.05) is 17.3 Å². The van der Waals surface area contributed by atoms with Gasteiger partial charge in [-0.3, -0.25) is 9.59 Å². The Morgan fingerprint density at radius 2 is 1.94 bits per heavy atom. The maximum atomic E-state index is 12.0. The van der Waals surface area contributed by atoms with Gasteiger partial charge in [0.25, 0.3) is 0 Å². The molecule has 1 aromatic carbocycles. The van der Waals surface area contributed by atoms with Crippen molar-refractivity contribution in [2.24, 2.45) is 0 Å². The molecule has 90 valence electrons. The molecule has 0 bridgehead atoms. The number of rotatable bonds is 3. The number of carbonyl (C=O) groups excluding carboxylic acids is 2. The maximum absolute atomic E-state index is 12.0. The summed E-state index contributed by atoms with van der Waals surface area (Å²) in [5.41, 5.74) is 0.118. The third-order valence-electron chi connectivity index (χ3n) is 3.06. The molecule has 1 aliphatic rings. The van der Waals surface area contributed by atoms with Crippen LogP contribution in [0.4, 0.5) is 0 Å². The monoisotopic (exact) mass is 296 g/mol. The molecule has 1 saturated carbocycles. The number of halogens is 1. The summed E-state index contributed by atoms with van der Waals surface area (Å²) in [7, 11) is 0. The molecule has 17 heavy (non-hydrogen) atoms. The topological polar surface area (TPSA) is 43.4 Å². The van der Waals surface area contributed by atoms with Gasteiger partial charge in [0.05, 0.1) is 6.61 Å². The number of hydrogen-bond acceptors (Lipinski definition) is 3. The van der Waals surface area contributed by atoms with Gasteiger partial charge in [-0.2, -0.15) is 0 Å². The molecule has 1 aromatic rings. The summed E-state index contributed by atoms with van der Waals surface area (Å²) in [6.45, 7) is 2.11. The fraction of sp³-hybridized carbons (Fsp3) is 0.385. The number of benzene rings is 1. The average Bonchev–Trinajstić information content (AvgIpc) is 2.26. The largest absolute Gasteiger partial charge is 0.465 e. The number of Topliss-reactive ketones (excluding diaryl/α,β-unsaturated/α-hetero) is 1. The van der Waals surface area contributed by atoms with Crippen LogP contribution in [0, 0.1) is 0 Å². The molecular formula is C13H13BrO3. The van der Waals surface area contributed by atoms with E-state index in [4.69, 9.17) is 4.74 Å². The lowest BCUT2D eigenvalue weighted by Crippen LogP contribution is -2.49. The van der Waals surface area contributed by atoms with Crippen LogP contribution in [-0.4, -0.2) is 18.4 Å². The van der Waals surface area contributed by atoms with Crippen molar-refractivity contribution in [3.63, 3.8) is 0 Å². The number of ether oxygens (including phenoxy) is 1. The van der Waals surface area contributed by atoms with Crippen molar-refractivity contribution < 1.29 is 14.3 Å². The minimum absolute atomic E-state index is 0.112. The summed E-state index contributed by atoms with van der Waals surface area (Å²) in [5.74, 6) is -0.178. The molecule has 4 heteroatoms. The smallest absolute Gasteiger partial charge is 0.317 e. The van der Waals surface area contributed by atoms with E-state index >= 15 is 0 Å². The number of esters is 1. The Hall–Kier alpha value is -1.16. The molecule has 1 fully saturated rings. The molecule has 3 nitrogen and oxygen atoms in total. The highest BCUT2D eigenvalue weighted by molar-refractivity contribution is 9.10. The van der Waals surface area contributed by atoms with E-state index in [1.807, 2.05) is 24.3 Å². The summed E-state index contributed by atoms with van der Waals surface area (Å²) in [6, 6.07) is 7.49. The SMILES string of the molecule is CCOC(=O)C1(c2ccc(Br)cc2)CC(=O)C1. The minimum Gasteiger partial charge on any atom is -0.465 e. The zero-order valence-corrected chi connectivity index (χ0v) is 11.1. The van der Waals surface area contributed by atoms with E-state index in [2.05, 4.69) is 15.9 Å². The molecule has 2 rings (SSSR count). The third kappa shape index (κ3) is 2.14. The fourth-order valence-electron chi connectivity index (χ4n) is 2.13. The Labute approximate surface area is 108 Å². The first-order chi connectivity index (χ1) is 8.08. The number of hydrogen-bond donors (Lipinski definition) is 0. The Kier molecular flexibility index (Phi) is 3.33. The van der Waals surface area contributed by atoms with Crippen LogP contribution in [0.25, 0.3) is 0 Å². The summed E-state index contributed by atoms with van der Waals surface area (Å²) in [4.78, 5) is 23.2. The van der Waals surface area contributed by atoms with E-state index < -0.39 is 5.41 Å². The van der Waals surface area contributed by atoms with Gasteiger partial charge in [-0.1, -0.05) is 28.1 Å². The van der Waals surface area contributed by atoms with Crippen molar-refractivity contribution in [3.8, 4) is 0 Å². The Morgan fingerprint density at radius 1 is 1.35 bits per heavy atom. The van der Waals surface area contributed by atoms with Gasteiger partial charge in [-0.15, -0.1) is 0 Å². The Balaban J connectivity index is 2.32. The van der Waals surface area contributed by atoms with E-state index in [1.54, 1.807) is 6.92 Å². The number of ketones is 1. The molecular weight excluding hydrogens is 284 g/mol. The van der Waals surface area contributed by atoms with Crippen LogP contribution in [0.5, 0.6) is 0 Å². The highest BCUT2D eigenvalue weighted by Crippen LogP contribution is 2.42. The molecule has 0 aromatic heterocycles. The standard InChI is InChI=1S/C13H13BrO3/c1-2-17-12(16)13(7-11(15)8-13)9-3-5-10(14)6-4-9/h3-6H,2,7-8H2,1H3. The minimum atomic E-state index is -0.742. The molecule has 0 spiro atoms. The van der Waals surface area contributed by atoms with Crippen LogP contribution in [0.1, 0.15) is 25.3 Å². The lowest BCUT2D eigenvalue weighted by Gasteiger charge is -2.38. The van der Waals surface area contributed by atoms with Gasteiger partial charge in [0.1, 0.15) is 11.2 Å². The van der Waals surface area contributed by atoms with Crippen LogP contribution < -0.4 is 0 Å². The predicted molar refractivity (Wildman–Crippen MR) is 66.7 cm³/mol. The van der Waals surface area contributed by atoms with Crippen molar-refractivity contribution in [2.75, 3.05) is 6.61 Å². The number of carbonyl (C=O) groups is 2. The second-order valence-electron chi connectivity index (χ2n) is 4.20. The first kappa shape index (κ1) is 12.3. The van der Waals surface area contributed by atoms with Crippen molar-refractivity contribution in [2.45, 2.75) is 25.2 Å². The van der Waals surface area contributed by atoms with E-state index in [0.29, 0.717) is 6.61 Å². The van der Waals surface area contributed by atoms with Gasteiger partial charge in [-0.25, -0.2) is 0 Å². The molecule has 0 atom stereocenters. The molecule has 0 aliphatic heterocycles. The third-order valence-corrected chi connectivity index (χ3v) is 3.59. The van der Waals surface area contributed by atoms with Gasteiger partial charge in [-0.05, 0) is 24.6 Å². The highest BCUT2D eigenvalue weighted by atomic mass is 79.9. The van der Waals surface area contributed by atoms with E-state index in [-0.39, 0.29) is 24.6 Å². The predicted octanol–water partition coefficient (Wildman–Crippen LogP) is 2.61. The van der Waals surface area contributed by atoms with Crippen LogP contribution in [-0.2, 0) is 19.7 Å². The molecule has 0 amide bonds. The van der Waals surface area contributed by atoms with Crippen molar-refractivity contribution >= 4 is 27.7 Å². The summed E-state index contributed by atoms with van der Waals surface area (Å²) >= 11 is 3.35. The normalized spacial score (nSPS) is 17.4. The Morgan fingerprint density at radius 3 is 2.41 bits per heavy atom. The molecule has 0 unspecified atom stereocenters. The average molecular weight is 297 g/mol. The fourth-order valence-corrected chi connectivity index (χ4v) is 2.39. The zero-order valence-electron chi connectivity index (χ0n) is 9.53. The van der Waals surface area contributed by atoms with Crippen LogP contribution >= 0.6 is 15.9 Å². The summed E-state index contributed by atoms with van der Waals surface area (Å²) < 4.78 is 6.03. The molecule has 0 heterocycles. The van der Waals surface area contributed by atoms with Crippen molar-refractivity contribution in [1.82, 2.24) is 0 Å². The second-order valence-corrected chi connectivity index (χ2v) is 5.12. The van der Waals surface area contributed by atoms with Gasteiger partial charge < -0.3 is 4.74 Å². The van der Waals surface area contributed by atoms with Crippen LogP contribution in [0.3, 0.4) is 0 Å². The van der Waals surface area contributed by atoms with Crippen LogP contribution in [0.2, 0.25) is 0 Å².